The van der Waals surface area contributed by atoms with Crippen LogP contribution in [0.15, 0.2) is 58.3 Å². The summed E-state index contributed by atoms with van der Waals surface area (Å²) < 4.78 is 19.0. The zero-order chi connectivity index (χ0) is 23.2. The van der Waals surface area contributed by atoms with Gasteiger partial charge in [0.1, 0.15) is 11.6 Å². The van der Waals surface area contributed by atoms with E-state index >= 15 is 0 Å². The molecule has 0 bridgehead atoms. The average molecular weight is 486 g/mol. The minimum absolute atomic E-state index is 0.0635. The Labute approximate surface area is 200 Å². The van der Waals surface area contributed by atoms with Crippen LogP contribution in [0.25, 0.3) is 0 Å². The Morgan fingerprint density at radius 1 is 1.06 bits per heavy atom. The number of thioether (sulfide) groups is 1. The standard InChI is InChI=1S/C24H24FN3O3S2/c1-31-21-8-6-20(7-9-21)27-10-12-28(13-11-27)23(30)14-19-15-32-24(26-19)33-16-22(29)17-2-4-18(25)5-3-17/h2-9,15H,10-14,16H2,1H3. The Kier molecular flexibility index (Phi) is 7.61. The third kappa shape index (κ3) is 6.11. The zero-order valence-electron chi connectivity index (χ0n) is 18.2. The lowest BCUT2D eigenvalue weighted by atomic mass is 10.1. The first-order valence-electron chi connectivity index (χ1n) is 10.5. The molecule has 2 heterocycles. The van der Waals surface area contributed by atoms with E-state index in [-0.39, 0.29) is 29.7 Å². The van der Waals surface area contributed by atoms with E-state index in [1.165, 1.54) is 47.4 Å². The Balaban J connectivity index is 1.24. The van der Waals surface area contributed by atoms with Crippen molar-refractivity contribution in [3.63, 3.8) is 0 Å². The largest absolute Gasteiger partial charge is 0.497 e. The van der Waals surface area contributed by atoms with Crippen molar-refractivity contribution in [2.75, 3.05) is 43.9 Å². The number of methoxy groups -OCH3 is 1. The van der Waals surface area contributed by atoms with E-state index in [1.54, 1.807) is 7.11 Å². The number of ether oxygens (including phenoxy) is 1. The van der Waals surface area contributed by atoms with Crippen LogP contribution in [0.2, 0.25) is 0 Å². The third-order valence-corrected chi connectivity index (χ3v) is 7.50. The molecule has 0 saturated carbocycles. The lowest BCUT2D eigenvalue weighted by Gasteiger charge is -2.36. The molecule has 172 valence electrons. The third-order valence-electron chi connectivity index (χ3n) is 5.43. The summed E-state index contributed by atoms with van der Waals surface area (Å²) in [5.74, 6) is 0.666. The van der Waals surface area contributed by atoms with Crippen LogP contribution in [-0.4, -0.2) is 60.6 Å². The number of piperazine rings is 1. The van der Waals surface area contributed by atoms with Gasteiger partial charge in [0.05, 0.1) is 25.0 Å². The van der Waals surface area contributed by atoms with Crippen LogP contribution in [0.4, 0.5) is 10.1 Å². The van der Waals surface area contributed by atoms with Crippen molar-refractivity contribution in [2.24, 2.45) is 0 Å². The fourth-order valence-electron chi connectivity index (χ4n) is 3.56. The molecule has 0 atom stereocenters. The highest BCUT2D eigenvalue weighted by Gasteiger charge is 2.22. The summed E-state index contributed by atoms with van der Waals surface area (Å²) >= 11 is 2.76. The zero-order valence-corrected chi connectivity index (χ0v) is 19.8. The highest BCUT2D eigenvalue weighted by molar-refractivity contribution is 8.01. The highest BCUT2D eigenvalue weighted by Crippen LogP contribution is 2.25. The number of thiazole rings is 1. The van der Waals surface area contributed by atoms with Crippen LogP contribution in [-0.2, 0) is 11.2 Å². The molecule has 1 fully saturated rings. The number of amides is 1. The monoisotopic (exact) mass is 485 g/mol. The average Bonchev–Trinajstić information content (AvgIpc) is 3.30. The maximum Gasteiger partial charge on any atom is 0.228 e. The molecule has 1 aromatic heterocycles. The van der Waals surface area contributed by atoms with Crippen molar-refractivity contribution >= 4 is 40.5 Å². The van der Waals surface area contributed by atoms with E-state index < -0.39 is 0 Å². The van der Waals surface area contributed by atoms with Gasteiger partial charge in [-0.15, -0.1) is 11.3 Å². The second-order valence-corrected chi connectivity index (χ2v) is 9.65. The van der Waals surface area contributed by atoms with Gasteiger partial charge in [-0.05, 0) is 48.5 Å². The predicted molar refractivity (Wildman–Crippen MR) is 129 cm³/mol. The molecule has 1 amide bonds. The van der Waals surface area contributed by atoms with Crippen LogP contribution in [0.5, 0.6) is 5.75 Å². The Bertz CT molecular complexity index is 1090. The molecule has 3 aromatic rings. The summed E-state index contributed by atoms with van der Waals surface area (Å²) in [7, 11) is 1.65. The number of Topliss-reactive ketones (excluding diaryl/α,β-unsaturated/α-hetero) is 1. The van der Waals surface area contributed by atoms with Crippen LogP contribution < -0.4 is 9.64 Å². The van der Waals surface area contributed by atoms with Crippen LogP contribution >= 0.6 is 23.1 Å². The second kappa shape index (κ2) is 10.8. The van der Waals surface area contributed by atoms with E-state index in [9.17, 15) is 14.0 Å². The molecular formula is C24H24FN3O3S2. The first kappa shape index (κ1) is 23.3. The molecule has 4 rings (SSSR count). The van der Waals surface area contributed by atoms with E-state index in [2.05, 4.69) is 9.88 Å². The van der Waals surface area contributed by atoms with Gasteiger partial charge in [-0.3, -0.25) is 9.59 Å². The first-order valence-corrected chi connectivity index (χ1v) is 12.4. The molecule has 33 heavy (non-hydrogen) atoms. The first-order chi connectivity index (χ1) is 16.0. The number of anilines is 1. The van der Waals surface area contributed by atoms with Crippen molar-refractivity contribution in [1.29, 1.82) is 0 Å². The topological polar surface area (TPSA) is 62.7 Å². The molecule has 1 saturated heterocycles. The summed E-state index contributed by atoms with van der Waals surface area (Å²) in [5.41, 5.74) is 2.32. The Morgan fingerprint density at radius 2 is 1.76 bits per heavy atom. The molecule has 1 aliphatic heterocycles. The highest BCUT2D eigenvalue weighted by atomic mass is 32.2. The normalized spacial score (nSPS) is 13.8. The van der Waals surface area contributed by atoms with Crippen molar-refractivity contribution in [2.45, 2.75) is 10.8 Å². The maximum atomic E-state index is 13.0. The van der Waals surface area contributed by atoms with Crippen LogP contribution in [0.1, 0.15) is 16.1 Å². The molecule has 0 radical (unpaired) electrons. The minimum atomic E-state index is -0.365. The van der Waals surface area contributed by atoms with Crippen molar-refractivity contribution in [3.05, 3.63) is 71.0 Å². The number of carbonyl (C=O) groups excluding carboxylic acids is 2. The summed E-state index contributed by atoms with van der Waals surface area (Å²) in [6, 6.07) is 13.5. The van der Waals surface area contributed by atoms with Gasteiger partial charge in [-0.2, -0.15) is 0 Å². The fourth-order valence-corrected chi connectivity index (χ4v) is 5.30. The number of aromatic nitrogens is 1. The molecule has 9 heteroatoms. The summed E-state index contributed by atoms with van der Waals surface area (Å²) in [5, 5.41) is 1.87. The van der Waals surface area contributed by atoms with Gasteiger partial charge in [0.15, 0.2) is 10.1 Å². The van der Waals surface area contributed by atoms with Crippen molar-refractivity contribution < 1.29 is 18.7 Å². The van der Waals surface area contributed by atoms with Gasteiger partial charge in [-0.1, -0.05) is 11.8 Å². The quantitative estimate of drug-likeness (QED) is 0.353. The van der Waals surface area contributed by atoms with Crippen LogP contribution in [0, 0.1) is 5.82 Å². The molecular weight excluding hydrogens is 461 g/mol. The van der Waals surface area contributed by atoms with E-state index in [0.717, 1.165) is 34.6 Å². The summed E-state index contributed by atoms with van der Waals surface area (Å²) in [6.07, 6.45) is 0.255. The summed E-state index contributed by atoms with van der Waals surface area (Å²) in [4.78, 5) is 33.6. The molecule has 0 spiro atoms. The van der Waals surface area contributed by atoms with Gasteiger partial charge >= 0.3 is 0 Å². The summed E-state index contributed by atoms with van der Waals surface area (Å²) in [6.45, 7) is 2.90. The van der Waals surface area contributed by atoms with Gasteiger partial charge < -0.3 is 14.5 Å². The second-order valence-electron chi connectivity index (χ2n) is 7.57. The molecule has 2 aromatic carbocycles. The smallest absolute Gasteiger partial charge is 0.228 e. The number of hydrogen-bond donors (Lipinski definition) is 0. The van der Waals surface area contributed by atoms with E-state index in [0.29, 0.717) is 18.7 Å². The fraction of sp³-hybridized carbons (Fsp3) is 0.292. The minimum Gasteiger partial charge on any atom is -0.497 e. The predicted octanol–water partition coefficient (Wildman–Crippen LogP) is 4.16. The SMILES string of the molecule is COc1ccc(N2CCN(C(=O)Cc3csc(SCC(=O)c4ccc(F)cc4)n3)CC2)cc1. The number of rotatable bonds is 8. The van der Waals surface area contributed by atoms with E-state index in [4.69, 9.17) is 4.74 Å². The Hall–Kier alpha value is -2.91. The van der Waals surface area contributed by atoms with Gasteiger partial charge in [0, 0.05) is 42.8 Å². The van der Waals surface area contributed by atoms with Gasteiger partial charge in [0.2, 0.25) is 5.91 Å². The van der Waals surface area contributed by atoms with Crippen molar-refractivity contribution in [3.8, 4) is 5.75 Å². The molecule has 0 aliphatic carbocycles. The number of carbonyl (C=O) groups is 2. The lowest BCUT2D eigenvalue weighted by molar-refractivity contribution is -0.130. The molecule has 1 aliphatic rings. The number of ketones is 1. The molecule has 0 N–H and O–H groups in total. The van der Waals surface area contributed by atoms with Crippen molar-refractivity contribution in [1.82, 2.24) is 9.88 Å². The number of halogens is 1. The van der Waals surface area contributed by atoms with E-state index in [1.807, 2.05) is 34.5 Å². The number of benzene rings is 2. The number of hydrogen-bond acceptors (Lipinski definition) is 7. The Morgan fingerprint density at radius 3 is 2.42 bits per heavy atom. The maximum absolute atomic E-state index is 13.0. The van der Waals surface area contributed by atoms with Gasteiger partial charge in [-0.25, -0.2) is 9.37 Å². The lowest BCUT2D eigenvalue weighted by Crippen LogP contribution is -2.49. The molecule has 0 unspecified atom stereocenters. The number of nitrogens with zero attached hydrogens (tertiary/aromatic N) is 3. The van der Waals surface area contributed by atoms with Gasteiger partial charge in [0.25, 0.3) is 0 Å². The van der Waals surface area contributed by atoms with Crippen LogP contribution in [0.3, 0.4) is 0 Å². The molecule has 6 nitrogen and oxygen atoms in total.